The van der Waals surface area contributed by atoms with Crippen LogP contribution in [0.5, 0.6) is 0 Å². The number of alkyl halides is 3. The molecule has 1 amide bonds. The lowest BCUT2D eigenvalue weighted by molar-refractivity contribution is -0.192. The van der Waals surface area contributed by atoms with Gasteiger partial charge in [-0.15, -0.1) is 0 Å². The van der Waals surface area contributed by atoms with Crippen LogP contribution in [0.15, 0.2) is 73.4 Å². The van der Waals surface area contributed by atoms with Gasteiger partial charge in [0.25, 0.3) is 5.91 Å². The molecule has 1 saturated carbocycles. The molecule has 4 aromatic rings. The van der Waals surface area contributed by atoms with Gasteiger partial charge in [0.2, 0.25) is 0 Å². The van der Waals surface area contributed by atoms with E-state index >= 15 is 0 Å². The van der Waals surface area contributed by atoms with Crippen LogP contribution in [-0.4, -0.2) is 42.7 Å². The van der Waals surface area contributed by atoms with E-state index in [9.17, 15) is 18.0 Å². The summed E-state index contributed by atoms with van der Waals surface area (Å²) >= 11 is 0. The average molecular weight is 524 g/mol. The van der Waals surface area contributed by atoms with E-state index in [1.165, 1.54) is 12.8 Å². The van der Waals surface area contributed by atoms with Gasteiger partial charge in [0.15, 0.2) is 5.82 Å². The number of aromatic nitrogens is 4. The van der Waals surface area contributed by atoms with Crippen LogP contribution >= 0.6 is 0 Å². The Morgan fingerprint density at radius 1 is 1.03 bits per heavy atom. The summed E-state index contributed by atoms with van der Waals surface area (Å²) in [6.45, 7) is 2.84. The van der Waals surface area contributed by atoms with Crippen molar-refractivity contribution in [1.82, 2.24) is 19.5 Å². The predicted octanol–water partition coefficient (Wildman–Crippen LogP) is 5.61. The van der Waals surface area contributed by atoms with Gasteiger partial charge in [-0.05, 0) is 55.5 Å². The van der Waals surface area contributed by atoms with E-state index in [-0.39, 0.29) is 5.91 Å². The summed E-state index contributed by atoms with van der Waals surface area (Å²) in [6.07, 6.45) is 6.46. The summed E-state index contributed by atoms with van der Waals surface area (Å²) < 4.78 is 33.8. The van der Waals surface area contributed by atoms with Crippen molar-refractivity contribution in [3.8, 4) is 22.5 Å². The molecule has 2 N–H and O–H groups in total. The number of para-hydroxylation sites is 1. The molecule has 1 aliphatic carbocycles. The summed E-state index contributed by atoms with van der Waals surface area (Å²) in [6, 6.07) is 13.5. The molecule has 0 spiro atoms. The molecule has 0 aliphatic heterocycles. The highest BCUT2D eigenvalue weighted by atomic mass is 19.4. The minimum Gasteiger partial charge on any atom is -0.475 e. The Kier molecular flexibility index (Phi) is 7.85. The van der Waals surface area contributed by atoms with Crippen LogP contribution in [0, 0.1) is 12.8 Å². The zero-order valence-electron chi connectivity index (χ0n) is 20.3. The molecule has 3 aromatic heterocycles. The molecule has 5 rings (SSSR count). The van der Waals surface area contributed by atoms with E-state index in [0.29, 0.717) is 17.4 Å². The van der Waals surface area contributed by atoms with Crippen molar-refractivity contribution in [3.63, 3.8) is 0 Å². The maximum absolute atomic E-state index is 13.1. The van der Waals surface area contributed by atoms with E-state index < -0.39 is 12.1 Å². The van der Waals surface area contributed by atoms with Crippen LogP contribution < -0.4 is 5.32 Å². The molecule has 0 atom stereocenters. The maximum Gasteiger partial charge on any atom is 0.490 e. The fourth-order valence-electron chi connectivity index (χ4n) is 3.61. The zero-order valence-corrected chi connectivity index (χ0v) is 20.3. The van der Waals surface area contributed by atoms with Crippen LogP contribution in [0.4, 0.5) is 18.9 Å². The fourth-order valence-corrected chi connectivity index (χ4v) is 3.61. The van der Waals surface area contributed by atoms with Crippen molar-refractivity contribution in [2.45, 2.75) is 32.5 Å². The molecule has 196 valence electrons. The number of nitrogens with one attached hydrogen (secondary N) is 1. The number of carboxylic acids is 1. The van der Waals surface area contributed by atoms with Gasteiger partial charge < -0.3 is 15.0 Å². The van der Waals surface area contributed by atoms with Crippen LogP contribution in [0.25, 0.3) is 22.5 Å². The molecule has 3 heterocycles. The normalized spacial score (nSPS) is 12.8. The SMILES string of the molecule is Cc1ccccc1NC(=O)c1cc(-c2cnc(-c3cccnc3)nc2)cn1CC1CC1.O=C(O)C(F)(F)F. The van der Waals surface area contributed by atoms with Gasteiger partial charge in [-0.1, -0.05) is 18.2 Å². The van der Waals surface area contributed by atoms with Gasteiger partial charge in [-0.2, -0.15) is 13.2 Å². The molecule has 0 bridgehead atoms. The van der Waals surface area contributed by atoms with Crippen molar-refractivity contribution in [3.05, 3.63) is 84.7 Å². The number of hydrogen-bond acceptors (Lipinski definition) is 5. The highest BCUT2D eigenvalue weighted by molar-refractivity contribution is 6.04. The highest BCUT2D eigenvalue weighted by Crippen LogP contribution is 2.33. The number of rotatable bonds is 6. The summed E-state index contributed by atoms with van der Waals surface area (Å²) in [5, 5.41) is 10.2. The number of carbonyl (C=O) groups is 2. The Balaban J connectivity index is 0.000000426. The molecule has 38 heavy (non-hydrogen) atoms. The number of pyridine rings is 1. The summed E-state index contributed by atoms with van der Waals surface area (Å²) in [5.74, 6) is -1.58. The van der Waals surface area contributed by atoms with Crippen molar-refractivity contribution < 1.29 is 27.9 Å². The van der Waals surface area contributed by atoms with Crippen LogP contribution in [0.3, 0.4) is 0 Å². The molecule has 1 fully saturated rings. The number of carboxylic acid groups (broad SMARTS) is 1. The number of anilines is 1. The largest absolute Gasteiger partial charge is 0.490 e. The smallest absolute Gasteiger partial charge is 0.475 e. The number of aliphatic carboxylic acids is 1. The number of carbonyl (C=O) groups excluding carboxylic acids is 1. The minimum absolute atomic E-state index is 0.103. The zero-order chi connectivity index (χ0) is 27.3. The Morgan fingerprint density at radius 2 is 1.71 bits per heavy atom. The first-order valence-corrected chi connectivity index (χ1v) is 11.7. The van der Waals surface area contributed by atoms with Crippen molar-refractivity contribution >= 4 is 17.6 Å². The van der Waals surface area contributed by atoms with Gasteiger partial charge in [-0.25, -0.2) is 14.8 Å². The van der Waals surface area contributed by atoms with E-state index in [0.717, 1.165) is 34.5 Å². The van der Waals surface area contributed by atoms with E-state index in [1.54, 1.807) is 24.8 Å². The van der Waals surface area contributed by atoms with E-state index in [2.05, 4.69) is 24.8 Å². The molecular formula is C27H24F3N5O3. The van der Waals surface area contributed by atoms with Gasteiger partial charge in [0, 0.05) is 59.9 Å². The molecule has 0 saturated heterocycles. The third-order valence-electron chi connectivity index (χ3n) is 5.82. The lowest BCUT2D eigenvalue weighted by Crippen LogP contribution is -2.21. The molecular weight excluding hydrogens is 499 g/mol. The van der Waals surface area contributed by atoms with Gasteiger partial charge >= 0.3 is 12.1 Å². The summed E-state index contributed by atoms with van der Waals surface area (Å²) in [7, 11) is 0. The Bertz CT molecular complexity index is 1420. The van der Waals surface area contributed by atoms with Crippen molar-refractivity contribution in [1.29, 1.82) is 0 Å². The molecule has 11 heteroatoms. The minimum atomic E-state index is -5.08. The fraction of sp³-hybridized carbons (Fsp3) is 0.222. The Morgan fingerprint density at radius 3 is 2.29 bits per heavy atom. The third kappa shape index (κ3) is 6.81. The van der Waals surface area contributed by atoms with Crippen LogP contribution in [-0.2, 0) is 11.3 Å². The number of hydrogen-bond donors (Lipinski definition) is 2. The second-order valence-electron chi connectivity index (χ2n) is 8.82. The van der Waals surface area contributed by atoms with E-state index in [4.69, 9.17) is 9.90 Å². The molecule has 1 aliphatic rings. The highest BCUT2D eigenvalue weighted by Gasteiger charge is 2.38. The van der Waals surface area contributed by atoms with Crippen molar-refractivity contribution in [2.24, 2.45) is 5.92 Å². The standard InChI is InChI=1S/C25H23N5O.C2HF3O2/c1-17-5-2-3-7-22(17)29-25(31)23-11-20(16-30(23)15-18-8-9-18)21-13-27-24(28-14-21)19-6-4-10-26-12-19;3-2(4,5)1(6)7/h2-7,10-14,16,18H,8-9,15H2,1H3,(H,29,31);(H,6,7). The monoisotopic (exact) mass is 523 g/mol. The Hall–Kier alpha value is -4.54. The van der Waals surface area contributed by atoms with Gasteiger partial charge in [0.1, 0.15) is 5.69 Å². The number of aryl methyl sites for hydroxylation is 1. The number of benzene rings is 1. The summed E-state index contributed by atoms with van der Waals surface area (Å²) in [5.41, 5.74) is 5.22. The quantitative estimate of drug-likeness (QED) is 0.340. The van der Waals surface area contributed by atoms with Crippen LogP contribution in [0.2, 0.25) is 0 Å². The number of amides is 1. The average Bonchev–Trinajstić information content (AvgIpc) is 3.62. The molecule has 8 nitrogen and oxygen atoms in total. The maximum atomic E-state index is 13.1. The third-order valence-corrected chi connectivity index (χ3v) is 5.82. The number of nitrogens with zero attached hydrogens (tertiary/aromatic N) is 4. The first-order chi connectivity index (χ1) is 18.1. The lowest BCUT2D eigenvalue weighted by atomic mass is 10.1. The molecule has 1 aromatic carbocycles. The van der Waals surface area contributed by atoms with Gasteiger partial charge in [0.05, 0.1) is 0 Å². The molecule has 0 radical (unpaired) electrons. The summed E-state index contributed by atoms with van der Waals surface area (Å²) in [4.78, 5) is 35.1. The van der Waals surface area contributed by atoms with Crippen LogP contribution in [0.1, 0.15) is 28.9 Å². The topological polar surface area (TPSA) is 110 Å². The van der Waals surface area contributed by atoms with Gasteiger partial charge in [-0.3, -0.25) is 9.78 Å². The second-order valence-corrected chi connectivity index (χ2v) is 8.82. The van der Waals surface area contributed by atoms with Crippen molar-refractivity contribution in [2.75, 3.05) is 5.32 Å². The first-order valence-electron chi connectivity index (χ1n) is 11.7. The number of halogens is 3. The molecule has 0 unspecified atom stereocenters. The predicted molar refractivity (Wildman–Crippen MR) is 134 cm³/mol. The Labute approximate surface area is 216 Å². The second kappa shape index (κ2) is 11.2. The van der Waals surface area contributed by atoms with E-state index in [1.807, 2.05) is 55.6 Å². The lowest BCUT2D eigenvalue weighted by Gasteiger charge is -2.10. The first kappa shape index (κ1) is 26.5.